The highest BCUT2D eigenvalue weighted by molar-refractivity contribution is 7.97. The summed E-state index contributed by atoms with van der Waals surface area (Å²) in [6, 6.07) is 0.295. The molecule has 2 aliphatic rings. The Balaban J connectivity index is 2.21. The van der Waals surface area contributed by atoms with E-state index in [1.165, 1.54) is 0 Å². The highest BCUT2D eigenvalue weighted by Gasteiger charge is 2.62. The average Bonchev–Trinajstić information content (AvgIpc) is 2.81. The number of nitrogens with zero attached hydrogens (tertiary/aromatic N) is 1. The Morgan fingerprint density at radius 1 is 1.55 bits per heavy atom. The minimum absolute atomic E-state index is 0.0797. The second-order valence-corrected chi connectivity index (χ2v) is 8.07. The summed E-state index contributed by atoms with van der Waals surface area (Å²) in [5.41, 5.74) is 0.410. The number of hydrogen-bond donors (Lipinski definition) is 1. The number of allylic oxidation sites excluding steroid dienone is 1. The maximum atomic E-state index is 12.7. The van der Waals surface area contributed by atoms with Gasteiger partial charge in [-0.05, 0) is 36.1 Å². The molecule has 2 rings (SSSR count). The van der Waals surface area contributed by atoms with E-state index in [1.54, 1.807) is 18.0 Å². The van der Waals surface area contributed by atoms with Crippen LogP contribution in [0, 0.1) is 22.7 Å². The van der Waals surface area contributed by atoms with E-state index in [2.05, 4.69) is 34.3 Å². The van der Waals surface area contributed by atoms with E-state index in [9.17, 15) is 9.90 Å². The Labute approximate surface area is 126 Å². The number of amides is 1. The maximum Gasteiger partial charge on any atom is 0.238 e. The summed E-state index contributed by atoms with van der Waals surface area (Å²) in [6.07, 6.45) is 3.34. The molecular weight excluding hydrogens is 270 g/mol. The molecule has 1 heterocycles. The van der Waals surface area contributed by atoms with Crippen LogP contribution in [0.1, 0.15) is 40.5 Å². The minimum Gasteiger partial charge on any atom is -0.396 e. The maximum absolute atomic E-state index is 12.7. The monoisotopic (exact) mass is 297 g/mol. The number of hydrogen-bond acceptors (Lipinski definition) is 3. The quantitative estimate of drug-likeness (QED) is 0.640. The van der Waals surface area contributed by atoms with Crippen LogP contribution in [0.15, 0.2) is 12.7 Å². The molecule has 1 saturated heterocycles. The van der Waals surface area contributed by atoms with Gasteiger partial charge in [-0.2, -0.15) is 0 Å². The van der Waals surface area contributed by atoms with Gasteiger partial charge in [-0.1, -0.05) is 33.8 Å². The second kappa shape index (κ2) is 5.38. The molecule has 0 aromatic carbocycles. The van der Waals surface area contributed by atoms with E-state index in [-0.39, 0.29) is 29.3 Å². The number of fused-ring (bicyclic) bond motifs is 1. The lowest BCUT2D eigenvalue weighted by Crippen LogP contribution is -2.44. The first kappa shape index (κ1) is 15.9. The molecule has 1 aliphatic heterocycles. The third kappa shape index (κ3) is 2.12. The molecule has 20 heavy (non-hydrogen) atoms. The molecule has 0 aromatic heterocycles. The Hall–Kier alpha value is -0.480. The summed E-state index contributed by atoms with van der Waals surface area (Å²) >= 11 is 1.65. The minimum atomic E-state index is -0.332. The molecule has 114 valence electrons. The van der Waals surface area contributed by atoms with Crippen LogP contribution in [0.2, 0.25) is 0 Å². The fraction of sp³-hybridized carbons (Fsp3) is 0.812. The van der Waals surface area contributed by atoms with Gasteiger partial charge < -0.3 is 5.11 Å². The summed E-state index contributed by atoms with van der Waals surface area (Å²) in [7, 11) is 0. The average molecular weight is 297 g/mol. The predicted molar refractivity (Wildman–Crippen MR) is 84.2 cm³/mol. The molecule has 1 N–H and O–H groups in total. The van der Waals surface area contributed by atoms with Crippen molar-refractivity contribution in [3.63, 3.8) is 0 Å². The first-order valence-electron chi connectivity index (χ1n) is 7.47. The summed E-state index contributed by atoms with van der Waals surface area (Å²) in [6.45, 7) is 12.9. The van der Waals surface area contributed by atoms with Crippen LogP contribution >= 0.6 is 11.9 Å². The molecule has 0 bridgehead atoms. The zero-order valence-electron chi connectivity index (χ0n) is 13.1. The molecule has 4 heteroatoms. The van der Waals surface area contributed by atoms with Gasteiger partial charge >= 0.3 is 0 Å². The Morgan fingerprint density at radius 3 is 2.75 bits per heavy atom. The third-order valence-electron chi connectivity index (χ3n) is 6.04. The van der Waals surface area contributed by atoms with Crippen LogP contribution in [-0.4, -0.2) is 33.7 Å². The van der Waals surface area contributed by atoms with Gasteiger partial charge in [0.1, 0.15) is 0 Å². The van der Waals surface area contributed by atoms with Gasteiger partial charge in [0.15, 0.2) is 0 Å². The fourth-order valence-electron chi connectivity index (χ4n) is 3.66. The number of rotatable bonds is 4. The fourth-order valence-corrected chi connectivity index (χ4v) is 5.41. The molecule has 4 atom stereocenters. The highest BCUT2D eigenvalue weighted by atomic mass is 32.2. The van der Waals surface area contributed by atoms with E-state index in [4.69, 9.17) is 0 Å². The van der Waals surface area contributed by atoms with Crippen molar-refractivity contribution in [2.75, 3.05) is 12.4 Å². The molecule has 1 amide bonds. The normalized spacial score (nSPS) is 36.8. The van der Waals surface area contributed by atoms with Crippen LogP contribution in [0.5, 0.6) is 0 Å². The van der Waals surface area contributed by atoms with Crippen molar-refractivity contribution in [2.24, 2.45) is 22.7 Å². The molecule has 1 saturated carbocycles. The first-order valence-corrected chi connectivity index (χ1v) is 8.41. The molecule has 4 unspecified atom stereocenters. The Morgan fingerprint density at radius 2 is 2.20 bits per heavy atom. The number of aliphatic hydroxyl groups excluding tert-OH is 1. The number of carbonyl (C=O) groups excluding carboxylic acids is 1. The smallest absolute Gasteiger partial charge is 0.238 e. The Kier molecular flexibility index (Phi) is 4.27. The summed E-state index contributed by atoms with van der Waals surface area (Å²) in [5.74, 6) is 1.35. The molecule has 1 aliphatic carbocycles. The van der Waals surface area contributed by atoms with E-state index in [0.717, 1.165) is 12.2 Å². The topological polar surface area (TPSA) is 40.5 Å². The lowest BCUT2D eigenvalue weighted by molar-refractivity contribution is -0.133. The summed E-state index contributed by atoms with van der Waals surface area (Å²) in [5, 5.41) is 9.44. The SMILES string of the molecule is C=CCC(CO)C(=O)N1SCC2(C)C1CC(C)C2(C)C. The number of aliphatic hydroxyl groups is 1. The van der Waals surface area contributed by atoms with Gasteiger partial charge in [0, 0.05) is 11.2 Å². The summed E-state index contributed by atoms with van der Waals surface area (Å²) in [4.78, 5) is 12.7. The largest absolute Gasteiger partial charge is 0.396 e. The second-order valence-electron chi connectivity index (χ2n) is 7.13. The van der Waals surface area contributed by atoms with Gasteiger partial charge in [-0.3, -0.25) is 9.10 Å². The van der Waals surface area contributed by atoms with E-state index in [0.29, 0.717) is 18.4 Å². The molecule has 2 fully saturated rings. The van der Waals surface area contributed by atoms with Gasteiger partial charge in [0.2, 0.25) is 5.91 Å². The van der Waals surface area contributed by atoms with Crippen molar-refractivity contribution in [3.05, 3.63) is 12.7 Å². The molecule has 0 aromatic rings. The van der Waals surface area contributed by atoms with Crippen LogP contribution in [0.4, 0.5) is 0 Å². The third-order valence-corrected chi connectivity index (χ3v) is 7.48. The van der Waals surface area contributed by atoms with Crippen molar-refractivity contribution in [3.8, 4) is 0 Å². The molecule has 0 radical (unpaired) electrons. The first-order chi connectivity index (χ1) is 9.29. The lowest BCUT2D eigenvalue weighted by atomic mass is 9.66. The van der Waals surface area contributed by atoms with Crippen LogP contribution in [-0.2, 0) is 4.79 Å². The van der Waals surface area contributed by atoms with E-state index < -0.39 is 0 Å². The van der Waals surface area contributed by atoms with Crippen LogP contribution in [0.25, 0.3) is 0 Å². The zero-order chi connectivity index (χ0) is 15.1. The molecule has 0 spiro atoms. The van der Waals surface area contributed by atoms with E-state index >= 15 is 0 Å². The zero-order valence-corrected chi connectivity index (χ0v) is 13.9. The number of carbonyl (C=O) groups is 1. The van der Waals surface area contributed by atoms with Crippen molar-refractivity contribution in [1.82, 2.24) is 4.31 Å². The summed E-state index contributed by atoms with van der Waals surface area (Å²) < 4.78 is 1.97. The van der Waals surface area contributed by atoms with Gasteiger partial charge in [-0.25, -0.2) is 0 Å². The molecule has 3 nitrogen and oxygen atoms in total. The standard InChI is InChI=1S/C16H27NO2S/c1-6-7-12(9-18)14(19)17-13-8-11(2)15(3,4)16(13,5)10-20-17/h6,11-13,18H,1,7-10H2,2-5H3. The lowest BCUT2D eigenvalue weighted by Gasteiger charge is -2.40. The predicted octanol–water partition coefficient (Wildman–Crippen LogP) is 3.10. The van der Waals surface area contributed by atoms with Crippen molar-refractivity contribution in [1.29, 1.82) is 0 Å². The molecular formula is C16H27NO2S. The van der Waals surface area contributed by atoms with Crippen LogP contribution < -0.4 is 0 Å². The van der Waals surface area contributed by atoms with Crippen LogP contribution in [0.3, 0.4) is 0 Å². The Bertz CT molecular complexity index is 409. The van der Waals surface area contributed by atoms with E-state index in [1.807, 2.05) is 4.31 Å². The van der Waals surface area contributed by atoms with Crippen molar-refractivity contribution >= 4 is 17.9 Å². The van der Waals surface area contributed by atoms with Gasteiger partial charge in [0.05, 0.1) is 18.6 Å². The van der Waals surface area contributed by atoms with Gasteiger partial charge in [0.25, 0.3) is 0 Å². The van der Waals surface area contributed by atoms with Crippen molar-refractivity contribution < 1.29 is 9.90 Å². The van der Waals surface area contributed by atoms with Crippen molar-refractivity contribution in [2.45, 2.75) is 46.6 Å². The van der Waals surface area contributed by atoms with Gasteiger partial charge in [-0.15, -0.1) is 6.58 Å². The highest BCUT2D eigenvalue weighted by Crippen LogP contribution is 2.63.